The second-order valence-electron chi connectivity index (χ2n) is 4.46. The minimum absolute atomic E-state index is 0.0721. The molecule has 0 saturated carbocycles. The second-order valence-corrected chi connectivity index (χ2v) is 4.87. The number of carbonyl (C=O) groups is 2. The average Bonchev–Trinajstić information content (AvgIpc) is 2.38. The molecule has 6 heteroatoms. The highest BCUT2D eigenvalue weighted by molar-refractivity contribution is 6.34. The zero-order valence-corrected chi connectivity index (χ0v) is 11.7. The third kappa shape index (κ3) is 3.94. The van der Waals surface area contributed by atoms with Crippen molar-refractivity contribution in [3.05, 3.63) is 28.8 Å². The molecular formula is C13H18ClN3O2. The second kappa shape index (κ2) is 6.54. The molecule has 2 amide bonds. The SMILES string of the molecule is CC[C@H](C)[C@H](N)C(=O)Nc1ccc(Cl)c(C(N)=O)c1. The van der Waals surface area contributed by atoms with Crippen LogP contribution in [-0.2, 0) is 4.79 Å². The van der Waals surface area contributed by atoms with Crippen LogP contribution in [0.5, 0.6) is 0 Å². The van der Waals surface area contributed by atoms with E-state index in [9.17, 15) is 9.59 Å². The summed E-state index contributed by atoms with van der Waals surface area (Å²) >= 11 is 5.82. The highest BCUT2D eigenvalue weighted by atomic mass is 35.5. The molecule has 0 heterocycles. The Morgan fingerprint density at radius 3 is 2.58 bits per heavy atom. The Hall–Kier alpha value is -1.59. The van der Waals surface area contributed by atoms with E-state index in [0.717, 1.165) is 6.42 Å². The molecule has 1 aromatic carbocycles. The van der Waals surface area contributed by atoms with E-state index in [1.165, 1.54) is 12.1 Å². The van der Waals surface area contributed by atoms with Gasteiger partial charge in [-0.25, -0.2) is 0 Å². The molecule has 0 aliphatic heterocycles. The van der Waals surface area contributed by atoms with E-state index < -0.39 is 11.9 Å². The molecule has 0 aliphatic carbocycles. The molecule has 0 bridgehead atoms. The summed E-state index contributed by atoms with van der Waals surface area (Å²) < 4.78 is 0. The minimum Gasteiger partial charge on any atom is -0.366 e. The van der Waals surface area contributed by atoms with Gasteiger partial charge in [0.25, 0.3) is 0 Å². The average molecular weight is 284 g/mol. The molecule has 0 unspecified atom stereocenters. The van der Waals surface area contributed by atoms with Crippen molar-refractivity contribution in [3.63, 3.8) is 0 Å². The largest absolute Gasteiger partial charge is 0.366 e. The molecule has 5 N–H and O–H groups in total. The molecule has 0 saturated heterocycles. The number of amides is 2. The zero-order chi connectivity index (χ0) is 14.6. The van der Waals surface area contributed by atoms with Crippen molar-refractivity contribution < 1.29 is 9.59 Å². The van der Waals surface area contributed by atoms with Gasteiger partial charge in [-0.2, -0.15) is 0 Å². The highest BCUT2D eigenvalue weighted by Crippen LogP contribution is 2.20. The number of nitrogens with two attached hydrogens (primary N) is 2. The van der Waals surface area contributed by atoms with Crippen molar-refractivity contribution in [2.45, 2.75) is 26.3 Å². The Morgan fingerprint density at radius 2 is 2.05 bits per heavy atom. The molecule has 104 valence electrons. The number of benzene rings is 1. The van der Waals surface area contributed by atoms with Crippen molar-refractivity contribution in [1.82, 2.24) is 0 Å². The van der Waals surface area contributed by atoms with Gasteiger partial charge in [-0.3, -0.25) is 9.59 Å². The van der Waals surface area contributed by atoms with Crippen LogP contribution < -0.4 is 16.8 Å². The van der Waals surface area contributed by atoms with Gasteiger partial charge in [0.2, 0.25) is 11.8 Å². The molecule has 0 fully saturated rings. The summed E-state index contributed by atoms with van der Waals surface area (Å²) in [4.78, 5) is 23.0. The van der Waals surface area contributed by atoms with Gasteiger partial charge < -0.3 is 16.8 Å². The quantitative estimate of drug-likeness (QED) is 0.768. The standard InChI is InChI=1S/C13H18ClN3O2/c1-3-7(2)11(15)13(19)17-8-4-5-10(14)9(6-8)12(16)18/h4-7,11H,3,15H2,1-2H3,(H2,16,18)(H,17,19)/t7-,11-/m0/s1. The maximum absolute atomic E-state index is 11.9. The summed E-state index contributed by atoms with van der Waals surface area (Å²) in [6.45, 7) is 3.87. The van der Waals surface area contributed by atoms with Crippen molar-refractivity contribution in [3.8, 4) is 0 Å². The maximum atomic E-state index is 11.9. The number of hydrogen-bond acceptors (Lipinski definition) is 3. The topological polar surface area (TPSA) is 98.2 Å². The first kappa shape index (κ1) is 15.5. The molecule has 0 aliphatic rings. The normalized spacial score (nSPS) is 13.7. The lowest BCUT2D eigenvalue weighted by Crippen LogP contribution is -2.40. The van der Waals surface area contributed by atoms with Crippen molar-refractivity contribution in [2.24, 2.45) is 17.4 Å². The number of halogens is 1. The monoisotopic (exact) mass is 283 g/mol. The van der Waals surface area contributed by atoms with Crippen LogP contribution in [0.1, 0.15) is 30.6 Å². The molecule has 1 rings (SSSR count). The summed E-state index contributed by atoms with van der Waals surface area (Å²) in [5, 5.41) is 2.90. The van der Waals surface area contributed by atoms with Gasteiger partial charge >= 0.3 is 0 Å². The van der Waals surface area contributed by atoms with Crippen LogP contribution in [0.3, 0.4) is 0 Å². The lowest BCUT2D eigenvalue weighted by Gasteiger charge is -2.18. The van der Waals surface area contributed by atoms with E-state index in [-0.39, 0.29) is 22.4 Å². The fourth-order valence-corrected chi connectivity index (χ4v) is 1.74. The van der Waals surface area contributed by atoms with E-state index >= 15 is 0 Å². The van der Waals surface area contributed by atoms with Gasteiger partial charge in [0.15, 0.2) is 0 Å². The molecule has 5 nitrogen and oxygen atoms in total. The first-order valence-corrected chi connectivity index (χ1v) is 6.40. The van der Waals surface area contributed by atoms with Gasteiger partial charge in [0.05, 0.1) is 16.6 Å². The maximum Gasteiger partial charge on any atom is 0.250 e. The molecule has 0 aromatic heterocycles. The number of primary amides is 1. The van der Waals surface area contributed by atoms with Gasteiger partial charge in [0.1, 0.15) is 0 Å². The van der Waals surface area contributed by atoms with Gasteiger partial charge in [-0.05, 0) is 24.1 Å². The lowest BCUT2D eigenvalue weighted by molar-refractivity contribution is -0.118. The highest BCUT2D eigenvalue weighted by Gasteiger charge is 2.19. The fraction of sp³-hybridized carbons (Fsp3) is 0.385. The molecule has 0 spiro atoms. The third-order valence-electron chi connectivity index (χ3n) is 3.06. The van der Waals surface area contributed by atoms with Crippen molar-refractivity contribution >= 4 is 29.1 Å². The summed E-state index contributed by atoms with van der Waals surface area (Å²) in [6.07, 6.45) is 0.807. The smallest absolute Gasteiger partial charge is 0.250 e. The summed E-state index contributed by atoms with van der Waals surface area (Å²) in [6, 6.07) is 3.94. The Balaban J connectivity index is 2.86. The van der Waals surface area contributed by atoms with Crippen LogP contribution in [0.25, 0.3) is 0 Å². The van der Waals surface area contributed by atoms with Crippen molar-refractivity contribution in [2.75, 3.05) is 5.32 Å². The van der Waals surface area contributed by atoms with Crippen LogP contribution in [0, 0.1) is 5.92 Å². The van der Waals surface area contributed by atoms with E-state index in [0.29, 0.717) is 5.69 Å². The summed E-state index contributed by atoms with van der Waals surface area (Å²) in [5.41, 5.74) is 11.6. The molecule has 19 heavy (non-hydrogen) atoms. The van der Waals surface area contributed by atoms with Crippen molar-refractivity contribution in [1.29, 1.82) is 0 Å². The Kier molecular flexibility index (Phi) is 5.32. The van der Waals surface area contributed by atoms with E-state index in [2.05, 4.69) is 5.32 Å². The molecule has 2 atom stereocenters. The number of nitrogens with one attached hydrogen (secondary N) is 1. The molecule has 0 radical (unpaired) electrons. The lowest BCUT2D eigenvalue weighted by atomic mass is 9.99. The van der Waals surface area contributed by atoms with E-state index in [1.54, 1.807) is 6.07 Å². The third-order valence-corrected chi connectivity index (χ3v) is 3.39. The Morgan fingerprint density at radius 1 is 1.42 bits per heavy atom. The number of hydrogen-bond donors (Lipinski definition) is 3. The molecular weight excluding hydrogens is 266 g/mol. The van der Waals surface area contributed by atoms with Crippen LogP contribution >= 0.6 is 11.6 Å². The van der Waals surface area contributed by atoms with Crippen LogP contribution in [0.4, 0.5) is 5.69 Å². The van der Waals surface area contributed by atoms with Gasteiger partial charge in [-0.15, -0.1) is 0 Å². The Bertz CT molecular complexity index is 491. The van der Waals surface area contributed by atoms with E-state index in [1.807, 2.05) is 13.8 Å². The molecule has 1 aromatic rings. The van der Waals surface area contributed by atoms with Gasteiger partial charge in [0, 0.05) is 5.69 Å². The van der Waals surface area contributed by atoms with Crippen LogP contribution in [0.2, 0.25) is 5.02 Å². The summed E-state index contributed by atoms with van der Waals surface area (Å²) in [7, 11) is 0. The predicted octanol–water partition coefficient (Wildman–Crippen LogP) is 1.75. The summed E-state index contributed by atoms with van der Waals surface area (Å²) in [5.74, 6) is -0.873. The number of carbonyl (C=O) groups excluding carboxylic acids is 2. The predicted molar refractivity (Wildman–Crippen MR) is 76.0 cm³/mol. The van der Waals surface area contributed by atoms with E-state index in [4.69, 9.17) is 23.1 Å². The fourth-order valence-electron chi connectivity index (χ4n) is 1.53. The minimum atomic E-state index is -0.646. The number of anilines is 1. The first-order chi connectivity index (χ1) is 8.86. The number of rotatable bonds is 5. The van der Waals surface area contributed by atoms with Crippen LogP contribution in [-0.4, -0.2) is 17.9 Å². The Labute approximate surface area is 117 Å². The van der Waals surface area contributed by atoms with Crippen LogP contribution in [0.15, 0.2) is 18.2 Å². The first-order valence-electron chi connectivity index (χ1n) is 6.02. The van der Waals surface area contributed by atoms with Gasteiger partial charge in [-0.1, -0.05) is 31.9 Å². The zero-order valence-electron chi connectivity index (χ0n) is 10.9.